The van der Waals surface area contributed by atoms with E-state index in [0.29, 0.717) is 6.42 Å². The summed E-state index contributed by atoms with van der Waals surface area (Å²) in [5.41, 5.74) is 1.38. The van der Waals surface area contributed by atoms with Crippen LogP contribution < -0.4 is 5.56 Å². The number of β-amino-alcohol motifs (C(OH)–C–C–N with tert-alkyl or cyclic N) is 1. The molecule has 1 N–H and O–H groups in total. The van der Waals surface area contributed by atoms with Crippen molar-refractivity contribution in [1.29, 1.82) is 0 Å². The minimum Gasteiger partial charge on any atom is -0.391 e. The largest absolute Gasteiger partial charge is 0.391 e. The van der Waals surface area contributed by atoms with Gasteiger partial charge in [0, 0.05) is 18.8 Å². The van der Waals surface area contributed by atoms with Crippen LogP contribution in [-0.2, 0) is 11.3 Å². The molecule has 1 saturated heterocycles. The number of hydrogen-bond donors (Lipinski definition) is 1. The van der Waals surface area contributed by atoms with E-state index in [-0.39, 0.29) is 36.4 Å². The quantitative estimate of drug-likeness (QED) is 0.930. The lowest BCUT2D eigenvalue weighted by Gasteiger charge is -2.25. The summed E-state index contributed by atoms with van der Waals surface area (Å²) in [6.07, 6.45) is 1.37. The number of aryl methyl sites for hydroxylation is 1. The number of halogens is 1. The van der Waals surface area contributed by atoms with E-state index < -0.39 is 6.10 Å². The first-order valence-corrected chi connectivity index (χ1v) is 7.84. The summed E-state index contributed by atoms with van der Waals surface area (Å²) < 4.78 is 14.5. The summed E-state index contributed by atoms with van der Waals surface area (Å²) in [7, 11) is 0. The highest BCUT2D eigenvalue weighted by atomic mass is 19.1. The Kier molecular flexibility index (Phi) is 4.49. The van der Waals surface area contributed by atoms with Gasteiger partial charge in [0.15, 0.2) is 0 Å². The summed E-state index contributed by atoms with van der Waals surface area (Å²) in [4.78, 5) is 26.1. The predicted molar refractivity (Wildman–Crippen MR) is 86.9 cm³/mol. The molecular formula is C18H19FN2O3. The van der Waals surface area contributed by atoms with Crippen LogP contribution in [0.25, 0.3) is 0 Å². The van der Waals surface area contributed by atoms with Crippen molar-refractivity contribution in [1.82, 2.24) is 9.47 Å². The number of rotatable bonds is 3. The number of nitrogens with zero attached hydrogens (tertiary/aromatic N) is 2. The van der Waals surface area contributed by atoms with Gasteiger partial charge < -0.3 is 14.6 Å². The Hall–Kier alpha value is -2.47. The van der Waals surface area contributed by atoms with Gasteiger partial charge in [-0.25, -0.2) is 4.39 Å². The Morgan fingerprint density at radius 2 is 2.00 bits per heavy atom. The molecule has 24 heavy (non-hydrogen) atoms. The minimum absolute atomic E-state index is 0.0798. The Morgan fingerprint density at radius 3 is 2.67 bits per heavy atom. The van der Waals surface area contributed by atoms with Crippen molar-refractivity contribution < 1.29 is 14.3 Å². The second-order valence-electron chi connectivity index (χ2n) is 6.17. The van der Waals surface area contributed by atoms with E-state index in [1.54, 1.807) is 29.3 Å². The highest BCUT2D eigenvalue weighted by Crippen LogP contribution is 2.32. The van der Waals surface area contributed by atoms with Gasteiger partial charge in [0.1, 0.15) is 12.4 Å². The molecular weight excluding hydrogens is 311 g/mol. The van der Waals surface area contributed by atoms with Gasteiger partial charge in [-0.3, -0.25) is 9.59 Å². The highest BCUT2D eigenvalue weighted by Gasteiger charge is 2.35. The summed E-state index contributed by atoms with van der Waals surface area (Å²) in [5, 5.41) is 9.96. The van der Waals surface area contributed by atoms with Crippen molar-refractivity contribution in [2.24, 2.45) is 0 Å². The average molecular weight is 330 g/mol. The van der Waals surface area contributed by atoms with Crippen LogP contribution in [0.4, 0.5) is 4.39 Å². The van der Waals surface area contributed by atoms with E-state index in [1.165, 1.54) is 22.8 Å². The van der Waals surface area contributed by atoms with E-state index in [0.717, 1.165) is 11.1 Å². The average Bonchev–Trinajstić information content (AvgIpc) is 2.93. The Balaban J connectivity index is 1.81. The van der Waals surface area contributed by atoms with Crippen LogP contribution in [0.2, 0.25) is 0 Å². The van der Waals surface area contributed by atoms with E-state index in [9.17, 15) is 19.1 Å². The standard InChI is InChI=1S/C18H19FN2O3/c1-12-6-7-20(17(23)8-12)11-18(24)21-10-15(22)9-16(21)13-2-4-14(19)5-3-13/h2-8,15-16,22H,9-11H2,1H3/t15-,16-/m0/s1. The third-order valence-electron chi connectivity index (χ3n) is 4.31. The molecule has 0 radical (unpaired) electrons. The SMILES string of the molecule is Cc1ccn(CC(=O)N2C[C@@H](O)C[C@H]2c2ccc(F)cc2)c(=O)c1. The molecule has 1 fully saturated rings. The van der Waals surface area contributed by atoms with Gasteiger partial charge in [0.05, 0.1) is 12.1 Å². The van der Waals surface area contributed by atoms with Crippen molar-refractivity contribution in [3.05, 3.63) is 69.9 Å². The summed E-state index contributed by atoms with van der Waals surface area (Å²) >= 11 is 0. The predicted octanol–water partition coefficient (Wildman–Crippen LogP) is 1.63. The monoisotopic (exact) mass is 330 g/mol. The lowest BCUT2D eigenvalue weighted by Crippen LogP contribution is -2.36. The number of amides is 1. The maximum absolute atomic E-state index is 13.1. The second kappa shape index (κ2) is 6.57. The van der Waals surface area contributed by atoms with E-state index >= 15 is 0 Å². The number of likely N-dealkylation sites (tertiary alicyclic amines) is 1. The molecule has 0 spiro atoms. The van der Waals surface area contributed by atoms with Crippen LogP contribution in [-0.4, -0.2) is 33.1 Å². The van der Waals surface area contributed by atoms with Crippen molar-refractivity contribution >= 4 is 5.91 Å². The number of carbonyl (C=O) groups is 1. The van der Waals surface area contributed by atoms with E-state index in [2.05, 4.69) is 0 Å². The van der Waals surface area contributed by atoms with Gasteiger partial charge >= 0.3 is 0 Å². The smallest absolute Gasteiger partial charge is 0.251 e. The Morgan fingerprint density at radius 1 is 1.29 bits per heavy atom. The third kappa shape index (κ3) is 3.38. The fraction of sp³-hybridized carbons (Fsp3) is 0.333. The molecule has 0 unspecified atom stereocenters. The second-order valence-corrected chi connectivity index (χ2v) is 6.17. The van der Waals surface area contributed by atoms with Crippen molar-refractivity contribution in [2.75, 3.05) is 6.54 Å². The molecule has 3 rings (SSSR count). The van der Waals surface area contributed by atoms with Crippen LogP contribution in [0.15, 0.2) is 47.4 Å². The van der Waals surface area contributed by atoms with Crippen LogP contribution in [0.5, 0.6) is 0 Å². The third-order valence-corrected chi connectivity index (χ3v) is 4.31. The van der Waals surface area contributed by atoms with Gasteiger partial charge in [-0.15, -0.1) is 0 Å². The molecule has 1 aliphatic rings. The summed E-state index contributed by atoms with van der Waals surface area (Å²) in [6, 6.07) is 8.86. The molecule has 0 saturated carbocycles. The maximum Gasteiger partial charge on any atom is 0.251 e. The van der Waals surface area contributed by atoms with Crippen LogP contribution in [0.3, 0.4) is 0 Å². The molecule has 2 heterocycles. The number of aromatic nitrogens is 1. The van der Waals surface area contributed by atoms with Gasteiger partial charge in [0.25, 0.3) is 5.56 Å². The highest BCUT2D eigenvalue weighted by molar-refractivity contribution is 5.77. The van der Waals surface area contributed by atoms with Crippen LogP contribution in [0.1, 0.15) is 23.6 Å². The van der Waals surface area contributed by atoms with Crippen LogP contribution in [0, 0.1) is 12.7 Å². The molecule has 2 atom stereocenters. The van der Waals surface area contributed by atoms with Gasteiger partial charge in [0.2, 0.25) is 5.91 Å². The number of carbonyl (C=O) groups excluding carboxylic acids is 1. The minimum atomic E-state index is -0.626. The molecule has 126 valence electrons. The zero-order chi connectivity index (χ0) is 17.3. The topological polar surface area (TPSA) is 62.5 Å². The lowest BCUT2D eigenvalue weighted by molar-refractivity contribution is -0.133. The van der Waals surface area contributed by atoms with Crippen molar-refractivity contribution in [3.63, 3.8) is 0 Å². The number of benzene rings is 1. The lowest BCUT2D eigenvalue weighted by atomic mass is 10.0. The number of pyridine rings is 1. The first kappa shape index (κ1) is 16.4. The normalized spacial score (nSPS) is 20.4. The summed E-state index contributed by atoms with van der Waals surface area (Å²) in [6.45, 7) is 1.94. The zero-order valence-corrected chi connectivity index (χ0v) is 13.4. The molecule has 0 aliphatic carbocycles. The zero-order valence-electron chi connectivity index (χ0n) is 13.4. The Labute approximate surface area is 139 Å². The fourth-order valence-corrected chi connectivity index (χ4v) is 3.06. The molecule has 5 nitrogen and oxygen atoms in total. The Bertz CT molecular complexity index is 801. The first-order valence-electron chi connectivity index (χ1n) is 7.84. The fourth-order valence-electron chi connectivity index (χ4n) is 3.06. The number of aliphatic hydroxyl groups is 1. The molecule has 1 amide bonds. The van der Waals surface area contributed by atoms with Crippen LogP contribution >= 0.6 is 0 Å². The van der Waals surface area contributed by atoms with Crippen molar-refractivity contribution in [3.8, 4) is 0 Å². The summed E-state index contributed by atoms with van der Waals surface area (Å²) in [5.74, 6) is -0.590. The number of hydrogen-bond acceptors (Lipinski definition) is 3. The molecule has 6 heteroatoms. The van der Waals surface area contributed by atoms with Gasteiger partial charge in [-0.05, 0) is 42.7 Å². The van der Waals surface area contributed by atoms with Gasteiger partial charge in [-0.2, -0.15) is 0 Å². The number of aliphatic hydroxyl groups excluding tert-OH is 1. The first-order chi connectivity index (χ1) is 11.4. The molecule has 0 bridgehead atoms. The van der Waals surface area contributed by atoms with E-state index in [4.69, 9.17) is 0 Å². The maximum atomic E-state index is 13.1. The molecule has 1 aromatic heterocycles. The molecule has 1 aliphatic heterocycles. The van der Waals surface area contributed by atoms with E-state index in [1.807, 2.05) is 6.92 Å². The molecule has 2 aromatic rings. The van der Waals surface area contributed by atoms with Crippen molar-refractivity contribution in [2.45, 2.75) is 32.0 Å². The molecule has 1 aromatic carbocycles. The van der Waals surface area contributed by atoms with Gasteiger partial charge in [-0.1, -0.05) is 12.1 Å².